The highest BCUT2D eigenvalue weighted by Gasteiger charge is 2.11. The van der Waals surface area contributed by atoms with Gasteiger partial charge in [-0.25, -0.2) is 0 Å². The number of methoxy groups -OCH3 is 1. The zero-order valence-corrected chi connectivity index (χ0v) is 17.3. The van der Waals surface area contributed by atoms with Crippen LogP contribution in [0, 0.1) is 0 Å². The largest absolute Gasteiger partial charge is 0.495 e. The molecule has 0 atom stereocenters. The van der Waals surface area contributed by atoms with E-state index in [2.05, 4.69) is 10.6 Å². The molecule has 0 aliphatic heterocycles. The normalized spacial score (nSPS) is 10.1. The van der Waals surface area contributed by atoms with E-state index in [1.54, 1.807) is 14.0 Å². The summed E-state index contributed by atoms with van der Waals surface area (Å²) in [5.41, 5.74) is 1.55. The van der Waals surface area contributed by atoms with Gasteiger partial charge >= 0.3 is 5.97 Å². The molecule has 0 aliphatic carbocycles. The molecule has 0 aliphatic rings. The number of esters is 1. The Morgan fingerprint density at radius 2 is 1.89 bits per heavy atom. The van der Waals surface area contributed by atoms with Crippen LogP contribution in [-0.4, -0.2) is 36.3 Å². The van der Waals surface area contributed by atoms with Crippen LogP contribution in [0.25, 0.3) is 0 Å². The van der Waals surface area contributed by atoms with Crippen LogP contribution in [0.15, 0.2) is 53.4 Å². The maximum absolute atomic E-state index is 11.8. The highest BCUT2D eigenvalue weighted by Crippen LogP contribution is 2.24. The second kappa shape index (κ2) is 11.3. The summed E-state index contributed by atoms with van der Waals surface area (Å²) in [5.74, 6) is 0.231. The number of anilines is 2. The molecule has 0 aromatic heterocycles. The Kier molecular flexibility index (Phi) is 8.77. The van der Waals surface area contributed by atoms with Gasteiger partial charge in [-0.05, 0) is 49.5 Å². The molecule has 0 saturated heterocycles. The summed E-state index contributed by atoms with van der Waals surface area (Å²) in [7, 11) is 1.60. The summed E-state index contributed by atoms with van der Waals surface area (Å²) in [6, 6.07) is 15.0. The first kappa shape index (κ1) is 21.7. The second-order valence-electron chi connectivity index (χ2n) is 5.62. The number of benzene rings is 2. The van der Waals surface area contributed by atoms with E-state index in [1.807, 2.05) is 48.5 Å². The SMILES string of the molecule is CCOC(=O)CC(=O)CSc1cccc(NC(=S)Nc2ccccc2OC)c1. The van der Waals surface area contributed by atoms with Gasteiger partial charge in [0.05, 0.1) is 25.2 Å². The molecule has 0 radical (unpaired) electrons. The third-order valence-electron chi connectivity index (χ3n) is 3.49. The van der Waals surface area contributed by atoms with Gasteiger partial charge in [0.15, 0.2) is 10.9 Å². The average Bonchev–Trinajstić information content (AvgIpc) is 2.67. The van der Waals surface area contributed by atoms with E-state index < -0.39 is 5.97 Å². The van der Waals surface area contributed by atoms with Gasteiger partial charge in [0, 0.05) is 10.6 Å². The molecule has 6 nitrogen and oxygen atoms in total. The number of carbonyl (C=O) groups is 2. The number of Topliss-reactive ketones (excluding diaryl/α,β-unsaturated/α-hetero) is 1. The molecule has 148 valence electrons. The summed E-state index contributed by atoms with van der Waals surface area (Å²) < 4.78 is 10.1. The number of para-hydroxylation sites is 2. The average molecular weight is 419 g/mol. The first-order valence-electron chi connectivity index (χ1n) is 8.63. The lowest BCUT2D eigenvalue weighted by atomic mass is 10.3. The number of nitrogens with one attached hydrogen (secondary N) is 2. The van der Waals surface area contributed by atoms with Crippen molar-refractivity contribution in [3.63, 3.8) is 0 Å². The Balaban J connectivity index is 1.89. The van der Waals surface area contributed by atoms with Gasteiger partial charge in [-0.3, -0.25) is 9.59 Å². The number of hydrogen-bond acceptors (Lipinski definition) is 6. The lowest BCUT2D eigenvalue weighted by Crippen LogP contribution is -2.19. The zero-order chi connectivity index (χ0) is 20.4. The molecule has 2 rings (SSSR count). The summed E-state index contributed by atoms with van der Waals surface area (Å²) in [4.78, 5) is 24.1. The number of carbonyl (C=O) groups excluding carboxylic acids is 2. The molecule has 28 heavy (non-hydrogen) atoms. The highest BCUT2D eigenvalue weighted by molar-refractivity contribution is 8.00. The molecule has 2 aromatic carbocycles. The molecule has 8 heteroatoms. The molecular weight excluding hydrogens is 396 g/mol. The Morgan fingerprint density at radius 3 is 2.64 bits per heavy atom. The fourth-order valence-electron chi connectivity index (χ4n) is 2.28. The van der Waals surface area contributed by atoms with Crippen molar-refractivity contribution in [3.8, 4) is 5.75 Å². The number of hydrogen-bond donors (Lipinski definition) is 2. The van der Waals surface area contributed by atoms with Gasteiger partial charge in [0.1, 0.15) is 12.2 Å². The Bertz CT molecular complexity index is 842. The van der Waals surface area contributed by atoms with E-state index in [9.17, 15) is 9.59 Å². The predicted octanol–water partition coefficient (Wildman–Crippen LogP) is 4.12. The monoisotopic (exact) mass is 418 g/mol. The zero-order valence-electron chi connectivity index (χ0n) is 15.7. The van der Waals surface area contributed by atoms with Gasteiger partial charge in [-0.2, -0.15) is 0 Å². The molecule has 0 bridgehead atoms. The third kappa shape index (κ3) is 7.21. The van der Waals surface area contributed by atoms with Crippen molar-refractivity contribution in [2.75, 3.05) is 30.1 Å². The van der Waals surface area contributed by atoms with Crippen LogP contribution in [0.1, 0.15) is 13.3 Å². The lowest BCUT2D eigenvalue weighted by Gasteiger charge is -2.13. The summed E-state index contributed by atoms with van der Waals surface area (Å²) in [6.07, 6.45) is -0.203. The molecule has 0 spiro atoms. The maximum atomic E-state index is 11.8. The summed E-state index contributed by atoms with van der Waals surface area (Å²) in [5, 5.41) is 6.63. The number of thioether (sulfide) groups is 1. The molecule has 0 amide bonds. The Hall–Kier alpha value is -2.58. The minimum absolute atomic E-state index is 0.171. The third-order valence-corrected chi connectivity index (χ3v) is 4.75. The second-order valence-corrected chi connectivity index (χ2v) is 7.07. The topological polar surface area (TPSA) is 76.7 Å². The Labute approximate surface area is 174 Å². The van der Waals surface area contributed by atoms with E-state index in [0.29, 0.717) is 10.9 Å². The van der Waals surface area contributed by atoms with Crippen molar-refractivity contribution in [1.82, 2.24) is 0 Å². The minimum atomic E-state index is -0.490. The number of ether oxygens (including phenoxy) is 2. The van der Waals surface area contributed by atoms with Crippen LogP contribution in [-0.2, 0) is 14.3 Å². The number of rotatable bonds is 9. The van der Waals surface area contributed by atoms with E-state index in [1.165, 1.54) is 11.8 Å². The predicted molar refractivity (Wildman–Crippen MR) is 116 cm³/mol. The van der Waals surface area contributed by atoms with Crippen LogP contribution < -0.4 is 15.4 Å². The van der Waals surface area contributed by atoms with E-state index in [0.717, 1.165) is 16.3 Å². The Morgan fingerprint density at radius 1 is 1.11 bits per heavy atom. The van der Waals surface area contributed by atoms with E-state index in [4.69, 9.17) is 21.7 Å². The van der Waals surface area contributed by atoms with E-state index in [-0.39, 0.29) is 24.6 Å². The molecule has 0 unspecified atom stereocenters. The van der Waals surface area contributed by atoms with E-state index >= 15 is 0 Å². The minimum Gasteiger partial charge on any atom is -0.495 e. The van der Waals surface area contributed by atoms with Crippen LogP contribution in [0.5, 0.6) is 5.75 Å². The van der Waals surface area contributed by atoms with Gasteiger partial charge in [0.25, 0.3) is 0 Å². The van der Waals surface area contributed by atoms with Crippen molar-refractivity contribution in [2.45, 2.75) is 18.2 Å². The van der Waals surface area contributed by atoms with Crippen molar-refractivity contribution in [3.05, 3.63) is 48.5 Å². The molecule has 0 fully saturated rings. The van der Waals surface area contributed by atoms with Crippen molar-refractivity contribution in [1.29, 1.82) is 0 Å². The number of ketones is 1. The van der Waals surface area contributed by atoms with Gasteiger partial charge in [0.2, 0.25) is 0 Å². The molecule has 0 heterocycles. The molecular formula is C20H22N2O4S2. The number of thiocarbonyl (C=S) groups is 1. The fourth-order valence-corrected chi connectivity index (χ4v) is 3.33. The first-order chi connectivity index (χ1) is 13.5. The van der Waals surface area contributed by atoms with Gasteiger partial charge in [-0.15, -0.1) is 11.8 Å². The molecule has 0 saturated carbocycles. The maximum Gasteiger partial charge on any atom is 0.313 e. The standard InChI is InChI=1S/C20H22N2O4S2/c1-3-26-19(24)12-15(23)13-28-16-8-6-7-14(11-16)21-20(27)22-17-9-4-5-10-18(17)25-2/h4-11H,3,12-13H2,1-2H3,(H2,21,22,27). The van der Waals surface area contributed by atoms with Crippen LogP contribution >= 0.6 is 24.0 Å². The van der Waals surface area contributed by atoms with Crippen LogP contribution in [0.2, 0.25) is 0 Å². The van der Waals surface area contributed by atoms with Crippen molar-refractivity contribution >= 4 is 52.2 Å². The van der Waals surface area contributed by atoms with Crippen molar-refractivity contribution in [2.24, 2.45) is 0 Å². The van der Waals surface area contributed by atoms with Crippen LogP contribution in [0.4, 0.5) is 11.4 Å². The summed E-state index contributed by atoms with van der Waals surface area (Å²) >= 11 is 6.72. The van der Waals surface area contributed by atoms with Crippen LogP contribution in [0.3, 0.4) is 0 Å². The lowest BCUT2D eigenvalue weighted by molar-refractivity contribution is -0.145. The summed E-state index contributed by atoms with van der Waals surface area (Å²) in [6.45, 7) is 1.98. The van der Waals surface area contributed by atoms with Crippen molar-refractivity contribution < 1.29 is 19.1 Å². The highest BCUT2D eigenvalue weighted by atomic mass is 32.2. The van der Waals surface area contributed by atoms with Gasteiger partial charge < -0.3 is 20.1 Å². The van der Waals surface area contributed by atoms with Gasteiger partial charge in [-0.1, -0.05) is 18.2 Å². The quantitative estimate of drug-likeness (QED) is 0.273. The fraction of sp³-hybridized carbons (Fsp3) is 0.250. The molecule has 2 N–H and O–H groups in total. The smallest absolute Gasteiger partial charge is 0.313 e. The molecule has 2 aromatic rings. The first-order valence-corrected chi connectivity index (χ1v) is 10.0.